The predicted molar refractivity (Wildman–Crippen MR) is 146 cm³/mol. The van der Waals surface area contributed by atoms with Crippen LogP contribution in [-0.4, -0.2) is 90.1 Å². The van der Waals surface area contributed by atoms with Gasteiger partial charge in [-0.25, -0.2) is 4.79 Å². The van der Waals surface area contributed by atoms with E-state index in [-0.39, 0.29) is 24.0 Å². The number of piperazine rings is 1. The molecule has 0 radical (unpaired) electrons. The quantitative estimate of drug-likeness (QED) is 0.444. The monoisotopic (exact) mass is 529 g/mol. The van der Waals surface area contributed by atoms with E-state index in [1.807, 2.05) is 33.8 Å². The maximum atomic E-state index is 14.2. The van der Waals surface area contributed by atoms with E-state index in [1.54, 1.807) is 0 Å². The summed E-state index contributed by atoms with van der Waals surface area (Å²) in [5.74, 6) is -1.75. The van der Waals surface area contributed by atoms with E-state index in [2.05, 4.69) is 39.0 Å². The fourth-order valence-corrected chi connectivity index (χ4v) is 5.98. The molecule has 8 heteroatoms. The van der Waals surface area contributed by atoms with Crippen LogP contribution < -0.4 is 0 Å². The Hall–Kier alpha value is -2.00. The second kappa shape index (κ2) is 12.9. The number of likely N-dealkylation sites (tertiary alicyclic amines) is 1. The van der Waals surface area contributed by atoms with Gasteiger partial charge in [-0.2, -0.15) is 0 Å². The summed E-state index contributed by atoms with van der Waals surface area (Å²) in [4.78, 5) is 33.4. The molecule has 0 bridgehead atoms. The summed E-state index contributed by atoms with van der Waals surface area (Å²) in [6.45, 7) is 13.7. The third-order valence-electron chi connectivity index (χ3n) is 7.87. The van der Waals surface area contributed by atoms with Crippen LogP contribution in [0, 0.1) is 5.92 Å². The van der Waals surface area contributed by atoms with Crippen LogP contribution in [0.1, 0.15) is 71.8 Å². The zero-order valence-electron chi connectivity index (χ0n) is 23.8. The van der Waals surface area contributed by atoms with Crippen molar-refractivity contribution in [2.24, 2.45) is 5.92 Å². The summed E-state index contributed by atoms with van der Waals surface area (Å²) < 4.78 is 18.3. The van der Waals surface area contributed by atoms with Crippen molar-refractivity contribution in [1.29, 1.82) is 0 Å². The number of carbonyl (C=O) groups excluding carboxylic acids is 2. The fourth-order valence-electron chi connectivity index (χ4n) is 5.98. The third-order valence-corrected chi connectivity index (χ3v) is 7.87. The molecule has 2 heterocycles. The molecule has 0 spiro atoms. The molecule has 1 aromatic carbocycles. The minimum Gasteiger partial charge on any atom is -0.466 e. The minimum atomic E-state index is -1.25. The van der Waals surface area contributed by atoms with Crippen molar-refractivity contribution in [2.75, 3.05) is 45.9 Å². The molecule has 1 unspecified atom stereocenters. The van der Waals surface area contributed by atoms with Crippen molar-refractivity contribution in [3.63, 3.8) is 0 Å². The number of nitrogens with zero attached hydrogens (tertiary/aromatic N) is 3. The third kappa shape index (κ3) is 7.14. The van der Waals surface area contributed by atoms with Gasteiger partial charge in [0.25, 0.3) is 5.85 Å². The van der Waals surface area contributed by atoms with Crippen molar-refractivity contribution in [3.8, 4) is 0 Å². The Labute approximate surface area is 228 Å². The lowest BCUT2D eigenvalue weighted by atomic mass is 9.87. The molecule has 3 aliphatic rings. The van der Waals surface area contributed by atoms with Crippen molar-refractivity contribution < 1.29 is 23.8 Å². The molecule has 3 fully saturated rings. The molecule has 0 aromatic heterocycles. The van der Waals surface area contributed by atoms with Gasteiger partial charge in [0.15, 0.2) is 0 Å². The zero-order chi connectivity index (χ0) is 27.2. The number of carbonyl (C=O) groups is 2. The van der Waals surface area contributed by atoms with Gasteiger partial charge in [0.1, 0.15) is 5.60 Å². The normalized spacial score (nSPS) is 25.6. The van der Waals surface area contributed by atoms with E-state index >= 15 is 0 Å². The van der Waals surface area contributed by atoms with E-state index in [1.165, 1.54) is 5.56 Å². The summed E-state index contributed by atoms with van der Waals surface area (Å²) in [7, 11) is 0. The van der Waals surface area contributed by atoms with Gasteiger partial charge in [-0.15, -0.1) is 0 Å². The second-order valence-electron chi connectivity index (χ2n) is 11.9. The van der Waals surface area contributed by atoms with Gasteiger partial charge in [-0.1, -0.05) is 30.3 Å². The molecular weight excluding hydrogens is 482 g/mol. The first-order valence-electron chi connectivity index (χ1n) is 14.6. The Kier molecular flexibility index (Phi) is 9.84. The van der Waals surface area contributed by atoms with Crippen molar-refractivity contribution >= 4 is 11.9 Å². The van der Waals surface area contributed by atoms with Crippen LogP contribution >= 0.6 is 0 Å². The average Bonchev–Trinajstić information content (AvgIpc) is 3.43. The molecule has 4 rings (SSSR count). The van der Waals surface area contributed by atoms with E-state index in [9.17, 15) is 9.59 Å². The van der Waals surface area contributed by atoms with Gasteiger partial charge in [0, 0.05) is 45.8 Å². The average molecular weight is 530 g/mol. The van der Waals surface area contributed by atoms with Gasteiger partial charge in [0.2, 0.25) is 0 Å². The lowest BCUT2D eigenvalue weighted by molar-refractivity contribution is -0.281. The zero-order valence-corrected chi connectivity index (χ0v) is 23.8. The Morgan fingerprint density at radius 1 is 0.868 bits per heavy atom. The largest absolute Gasteiger partial charge is 0.466 e. The highest BCUT2D eigenvalue weighted by atomic mass is 16.6. The van der Waals surface area contributed by atoms with Crippen LogP contribution in [0.4, 0.5) is 0 Å². The number of benzene rings is 1. The van der Waals surface area contributed by atoms with Crippen LogP contribution in [0.25, 0.3) is 0 Å². The molecule has 1 atom stereocenters. The molecule has 212 valence electrons. The molecule has 0 N–H and O–H groups in total. The molecular formula is C30H47N3O5. The standard InChI is InChI=1S/C30H47N3O5/c1-5-36-27(34)25-13-15-26(16-14-25)37-30(32-17-9-10-18-32,28(35)38-29(2,3)4)33-21-19-31(20-22-33)23-24-11-7-6-8-12-24/h6-8,11-12,25-26H,5,9-10,13-23H2,1-4H3. The number of hydrogen-bond donors (Lipinski definition) is 0. The first-order valence-corrected chi connectivity index (χ1v) is 14.6. The van der Waals surface area contributed by atoms with Crippen LogP contribution in [0.15, 0.2) is 30.3 Å². The first-order chi connectivity index (χ1) is 18.2. The molecule has 38 heavy (non-hydrogen) atoms. The molecule has 1 aliphatic carbocycles. The number of hydrogen-bond acceptors (Lipinski definition) is 8. The molecule has 2 aliphatic heterocycles. The van der Waals surface area contributed by atoms with Crippen molar-refractivity contribution in [2.45, 2.75) is 90.3 Å². The van der Waals surface area contributed by atoms with Crippen LogP contribution in [0.2, 0.25) is 0 Å². The molecule has 1 saturated carbocycles. The Morgan fingerprint density at radius 3 is 2.05 bits per heavy atom. The summed E-state index contributed by atoms with van der Waals surface area (Å²) in [5.41, 5.74) is 0.677. The van der Waals surface area contributed by atoms with E-state index in [0.717, 1.165) is 84.3 Å². The number of rotatable bonds is 9. The number of esters is 2. The Morgan fingerprint density at radius 2 is 1.47 bits per heavy atom. The summed E-state index contributed by atoms with van der Waals surface area (Å²) in [5, 5.41) is 0. The predicted octanol–water partition coefficient (Wildman–Crippen LogP) is 4.03. The van der Waals surface area contributed by atoms with E-state index in [4.69, 9.17) is 14.2 Å². The summed E-state index contributed by atoms with van der Waals surface area (Å²) in [6, 6.07) is 10.5. The maximum Gasteiger partial charge on any atom is 0.371 e. The molecule has 1 aromatic rings. The number of ether oxygens (including phenoxy) is 3. The Balaban J connectivity index is 1.53. The van der Waals surface area contributed by atoms with Gasteiger partial charge < -0.3 is 14.2 Å². The van der Waals surface area contributed by atoms with Gasteiger partial charge in [-0.05, 0) is 71.8 Å². The minimum absolute atomic E-state index is 0.0842. The second-order valence-corrected chi connectivity index (χ2v) is 11.9. The highest BCUT2D eigenvalue weighted by Crippen LogP contribution is 2.37. The highest BCUT2D eigenvalue weighted by molar-refractivity contribution is 5.79. The van der Waals surface area contributed by atoms with Gasteiger partial charge in [-0.3, -0.25) is 19.5 Å². The Bertz CT molecular complexity index is 898. The fraction of sp³-hybridized carbons (Fsp3) is 0.733. The van der Waals surface area contributed by atoms with Crippen LogP contribution in [-0.2, 0) is 30.3 Å². The van der Waals surface area contributed by atoms with Crippen LogP contribution in [0.3, 0.4) is 0 Å². The first kappa shape index (κ1) is 29.0. The van der Waals surface area contributed by atoms with E-state index in [0.29, 0.717) is 6.61 Å². The van der Waals surface area contributed by atoms with Gasteiger partial charge >= 0.3 is 11.9 Å². The topological polar surface area (TPSA) is 71.5 Å². The molecule has 8 nitrogen and oxygen atoms in total. The molecule has 2 saturated heterocycles. The van der Waals surface area contributed by atoms with Gasteiger partial charge in [0.05, 0.1) is 18.6 Å². The lowest BCUT2D eigenvalue weighted by Gasteiger charge is -2.51. The smallest absolute Gasteiger partial charge is 0.371 e. The SMILES string of the molecule is CCOC(=O)C1CCC(OC(C(=O)OC(C)(C)C)(N2CCCC2)N2CCN(Cc3ccccc3)CC2)CC1. The summed E-state index contributed by atoms with van der Waals surface area (Å²) >= 11 is 0. The maximum absolute atomic E-state index is 14.2. The highest BCUT2D eigenvalue weighted by Gasteiger charge is 2.55. The van der Waals surface area contributed by atoms with Crippen LogP contribution in [0.5, 0.6) is 0 Å². The van der Waals surface area contributed by atoms with Crippen molar-refractivity contribution in [1.82, 2.24) is 14.7 Å². The van der Waals surface area contributed by atoms with Crippen molar-refractivity contribution in [3.05, 3.63) is 35.9 Å². The lowest BCUT2D eigenvalue weighted by Crippen LogP contribution is -2.71. The summed E-state index contributed by atoms with van der Waals surface area (Å²) in [6.07, 6.45) is 4.87. The molecule has 0 amide bonds. The van der Waals surface area contributed by atoms with E-state index < -0.39 is 11.4 Å².